The molecule has 0 saturated carbocycles. The third-order valence-corrected chi connectivity index (χ3v) is 22.4. The first-order valence-electron chi connectivity index (χ1n) is 9.63. The predicted molar refractivity (Wildman–Crippen MR) is 121 cm³/mol. The maximum absolute atomic E-state index is 3.20. The molecule has 140 valence electrons. The second kappa shape index (κ2) is 4.96. The molecule has 5 unspecified atom stereocenters. The number of hydrogen-bond acceptors (Lipinski definition) is 3. The summed E-state index contributed by atoms with van der Waals surface area (Å²) in [5, 5.41) is 0.512. The van der Waals surface area contributed by atoms with Gasteiger partial charge in [0, 0.05) is 0 Å². The fourth-order valence-corrected chi connectivity index (χ4v) is 30.9. The summed E-state index contributed by atoms with van der Waals surface area (Å²) in [5.41, 5.74) is 0.429. The van der Waals surface area contributed by atoms with Crippen LogP contribution in [-0.2, 0) is 0 Å². The highest BCUT2D eigenvalue weighted by atomic mass is 31.1. The van der Waals surface area contributed by atoms with E-state index in [4.69, 9.17) is 0 Å². The molecule has 0 aromatic heterocycles. The quantitative estimate of drug-likeness (QED) is 0.336. The van der Waals surface area contributed by atoms with Crippen molar-refractivity contribution < 1.29 is 0 Å². The van der Waals surface area contributed by atoms with E-state index in [1.807, 2.05) is 0 Å². The molecule has 0 N–H and O–H groups in total. The highest BCUT2D eigenvalue weighted by molar-refractivity contribution is 7.68. The molecule has 0 bridgehead atoms. The Labute approximate surface area is 156 Å². The maximum Gasteiger partial charge on any atom is 0.131 e. The third-order valence-electron chi connectivity index (χ3n) is 5.72. The molecule has 0 aromatic rings. The minimum atomic E-state index is -1.37. The molecule has 3 fully saturated rings. The molecule has 0 aliphatic carbocycles. The molecule has 3 saturated heterocycles. The Kier molecular flexibility index (Phi) is 4.12. The molecule has 0 radical (unpaired) electrons. The summed E-state index contributed by atoms with van der Waals surface area (Å²) in [4.78, 5) is 0. The van der Waals surface area contributed by atoms with E-state index in [1.165, 1.54) is 12.6 Å². The van der Waals surface area contributed by atoms with Gasteiger partial charge in [0.2, 0.25) is 0 Å². The van der Waals surface area contributed by atoms with Gasteiger partial charge in [-0.3, -0.25) is 8.90 Å². The van der Waals surface area contributed by atoms with Gasteiger partial charge in [0.1, 0.15) is 38.3 Å². The lowest BCUT2D eigenvalue weighted by Crippen LogP contribution is -2.67. The smallest absolute Gasteiger partial charge is 0.131 e. The van der Waals surface area contributed by atoms with Crippen LogP contribution in [0.1, 0.15) is 6.42 Å². The lowest BCUT2D eigenvalue weighted by Gasteiger charge is -2.50. The number of rotatable bonds is 5. The van der Waals surface area contributed by atoms with E-state index >= 15 is 0 Å². The van der Waals surface area contributed by atoms with Crippen LogP contribution in [0.4, 0.5) is 0 Å². The van der Waals surface area contributed by atoms with Crippen LogP contribution in [0, 0.1) is 0 Å². The van der Waals surface area contributed by atoms with E-state index in [1.54, 1.807) is 0 Å². The zero-order valence-electron chi connectivity index (χ0n) is 18.2. The normalized spacial score (nSPS) is 42.1. The summed E-state index contributed by atoms with van der Waals surface area (Å²) in [6.07, 6.45) is 2.96. The first-order valence-corrected chi connectivity index (χ1v) is 24.9. The van der Waals surface area contributed by atoms with E-state index in [-0.39, 0.29) is 8.07 Å². The van der Waals surface area contributed by atoms with Gasteiger partial charge in [-0.1, -0.05) is 78.6 Å². The van der Waals surface area contributed by atoms with Crippen molar-refractivity contribution in [3.8, 4) is 0 Å². The second-order valence-electron chi connectivity index (χ2n) is 12.0. The second-order valence-corrected chi connectivity index (χ2v) is 34.2. The van der Waals surface area contributed by atoms with Crippen LogP contribution in [0.3, 0.4) is 0 Å². The van der Waals surface area contributed by atoms with Crippen LogP contribution in [0.15, 0.2) is 0 Å². The average molecular weight is 418 g/mol. The predicted octanol–water partition coefficient (Wildman–Crippen LogP) is 5.41. The van der Waals surface area contributed by atoms with Crippen LogP contribution < -0.4 is 0 Å². The molecule has 3 nitrogen and oxygen atoms in total. The van der Waals surface area contributed by atoms with Gasteiger partial charge in [0.25, 0.3) is 0 Å². The van der Waals surface area contributed by atoms with Crippen LogP contribution in [0.5, 0.6) is 0 Å². The van der Waals surface area contributed by atoms with Gasteiger partial charge in [-0.25, -0.2) is 0 Å². The molecule has 5 atom stereocenters. The van der Waals surface area contributed by atoms with E-state index in [2.05, 4.69) is 91.7 Å². The van der Waals surface area contributed by atoms with E-state index in [0.29, 0.717) is 11.1 Å². The molecule has 0 aromatic carbocycles. The zero-order valence-corrected chi connectivity index (χ0v) is 23.1. The van der Waals surface area contributed by atoms with Crippen molar-refractivity contribution in [3.05, 3.63) is 0 Å². The van der Waals surface area contributed by atoms with E-state index in [0.717, 1.165) is 0 Å². The average Bonchev–Trinajstić information content (AvgIpc) is 3.02. The lowest BCUT2D eigenvalue weighted by molar-refractivity contribution is 0.335. The molecular weight excluding hydrogens is 378 g/mol. The fourth-order valence-electron chi connectivity index (χ4n) is 6.33. The molecule has 1 spiro atoms. The summed E-state index contributed by atoms with van der Waals surface area (Å²) in [6.45, 7) is 31.2. The van der Waals surface area contributed by atoms with Crippen molar-refractivity contribution in [1.82, 2.24) is 13.1 Å². The Hall–Kier alpha value is 1.18. The van der Waals surface area contributed by atoms with Crippen LogP contribution in [0.2, 0.25) is 78.6 Å². The molecule has 24 heavy (non-hydrogen) atoms. The van der Waals surface area contributed by atoms with Gasteiger partial charge in [-0.15, -0.1) is 0 Å². The Balaban J connectivity index is 2.15. The topological polar surface area (TPSA) is 9.26 Å². The van der Waals surface area contributed by atoms with Gasteiger partial charge < -0.3 is 4.23 Å². The highest BCUT2D eigenvalue weighted by Crippen LogP contribution is 2.96. The Bertz CT molecular complexity index is 546. The Morgan fingerprint density at radius 2 is 1.21 bits per heavy atom. The minimum absolute atomic E-state index is 0.122. The highest BCUT2D eigenvalue weighted by Gasteiger charge is 2.98. The van der Waals surface area contributed by atoms with Gasteiger partial charge >= 0.3 is 0 Å². The first kappa shape index (κ1) is 19.9. The summed E-state index contributed by atoms with van der Waals surface area (Å²) in [7, 11) is -5.19. The summed E-state index contributed by atoms with van der Waals surface area (Å²) < 4.78 is 9.44. The molecule has 3 heterocycles. The van der Waals surface area contributed by atoms with Gasteiger partial charge in [-0.05, 0) is 20.7 Å². The van der Waals surface area contributed by atoms with E-state index < -0.39 is 32.9 Å². The van der Waals surface area contributed by atoms with Crippen molar-refractivity contribution >= 4 is 41.0 Å². The Morgan fingerprint density at radius 1 is 0.750 bits per heavy atom. The molecule has 3 aliphatic rings. The number of nitrogens with zero attached hydrogens (tertiary/aromatic N) is 3. The molecule has 8 heteroatoms. The molecule has 0 amide bonds. The van der Waals surface area contributed by atoms with Crippen molar-refractivity contribution in [3.63, 3.8) is 0 Å². The zero-order chi connectivity index (χ0) is 18.7. The largest absolute Gasteiger partial charge is 0.326 e. The monoisotopic (exact) mass is 417 g/mol. The Morgan fingerprint density at radius 3 is 1.50 bits per heavy atom. The van der Waals surface area contributed by atoms with Gasteiger partial charge in [0.05, 0.1) is 5.66 Å². The fraction of sp³-hybridized carbons (Fsp3) is 1.00. The minimum Gasteiger partial charge on any atom is -0.326 e. The van der Waals surface area contributed by atoms with Crippen molar-refractivity contribution in [2.24, 2.45) is 0 Å². The van der Waals surface area contributed by atoms with Crippen molar-refractivity contribution in [2.45, 2.75) is 96.1 Å². The number of hydrogen-bond donors (Lipinski definition) is 0. The maximum atomic E-state index is 3.20. The SMILES string of the molecule is C[Si](C)(C)N1P2CCC3(N([Si](C)(C)C)[Si](C)(C)C)N([Si](C)(C)C)C123. The van der Waals surface area contributed by atoms with E-state index in [9.17, 15) is 0 Å². The lowest BCUT2D eigenvalue weighted by atomic mass is 10.2. The summed E-state index contributed by atoms with van der Waals surface area (Å²) in [6, 6.07) is 0. The van der Waals surface area contributed by atoms with Gasteiger partial charge in [-0.2, -0.15) is 0 Å². The summed E-state index contributed by atoms with van der Waals surface area (Å²) in [5.74, 6) is 0. The van der Waals surface area contributed by atoms with Crippen LogP contribution >= 0.6 is 8.07 Å². The van der Waals surface area contributed by atoms with Gasteiger partial charge in [0.15, 0.2) is 0 Å². The third kappa shape index (κ3) is 2.31. The summed E-state index contributed by atoms with van der Waals surface area (Å²) >= 11 is 0. The first-order chi connectivity index (χ1) is 10.4. The molecular formula is C16H40N3PSi4. The standard InChI is InChI=1S/C16H40N3PSi4/c1-21(2,3)17-15(19(23(7,8)9)24(10,11)12)13-14-20-16(15,17)18(20)22(4,5)6/h13-14H2,1-12H3. The molecule has 3 rings (SSSR count). The van der Waals surface area contributed by atoms with Crippen molar-refractivity contribution in [1.29, 1.82) is 0 Å². The van der Waals surface area contributed by atoms with Crippen LogP contribution in [-0.4, -0.2) is 63.3 Å². The molecule has 3 aliphatic heterocycles. The van der Waals surface area contributed by atoms with Crippen molar-refractivity contribution in [2.75, 3.05) is 6.16 Å². The van der Waals surface area contributed by atoms with Crippen LogP contribution in [0.25, 0.3) is 0 Å².